The van der Waals surface area contributed by atoms with Crippen LogP contribution in [0, 0.1) is 5.92 Å². The van der Waals surface area contributed by atoms with Crippen molar-refractivity contribution in [3.8, 4) is 11.5 Å². The van der Waals surface area contributed by atoms with E-state index < -0.39 is 0 Å². The molecule has 1 aromatic rings. The second kappa shape index (κ2) is 7.50. The highest BCUT2D eigenvalue weighted by Gasteiger charge is 2.25. The van der Waals surface area contributed by atoms with Crippen molar-refractivity contribution in [2.75, 3.05) is 32.6 Å². The molecular formula is C16H24N2O2S. The molecular weight excluding hydrogens is 284 g/mol. The summed E-state index contributed by atoms with van der Waals surface area (Å²) in [6, 6.07) is 5.67. The zero-order valence-corrected chi connectivity index (χ0v) is 13.8. The maximum atomic E-state index is 5.57. The summed E-state index contributed by atoms with van der Waals surface area (Å²) in [6.07, 6.45) is 3.74. The Morgan fingerprint density at radius 3 is 2.67 bits per heavy atom. The van der Waals surface area contributed by atoms with Gasteiger partial charge in [-0.05, 0) is 49.5 Å². The molecule has 0 heterocycles. The molecule has 1 N–H and O–H groups in total. The summed E-state index contributed by atoms with van der Waals surface area (Å²) < 4.78 is 10.6. The van der Waals surface area contributed by atoms with Crippen LogP contribution in [0.15, 0.2) is 18.2 Å². The van der Waals surface area contributed by atoms with E-state index in [1.165, 1.54) is 12.8 Å². The Balaban J connectivity index is 2.08. The highest BCUT2D eigenvalue weighted by atomic mass is 32.1. The molecule has 0 radical (unpaired) electrons. The number of nitrogens with zero attached hydrogens (tertiary/aromatic N) is 1. The predicted octanol–water partition coefficient (Wildman–Crippen LogP) is 3.52. The van der Waals surface area contributed by atoms with Crippen LogP contribution < -0.4 is 14.8 Å². The Labute approximate surface area is 132 Å². The van der Waals surface area contributed by atoms with Gasteiger partial charge in [0.2, 0.25) is 0 Å². The molecule has 0 aliphatic heterocycles. The van der Waals surface area contributed by atoms with Crippen molar-refractivity contribution in [1.82, 2.24) is 4.90 Å². The molecule has 0 aromatic heterocycles. The first-order valence-corrected chi connectivity index (χ1v) is 7.86. The number of methoxy groups -OCH3 is 2. The first-order valence-electron chi connectivity index (χ1n) is 7.45. The summed E-state index contributed by atoms with van der Waals surface area (Å²) in [7, 11) is 3.31. The quantitative estimate of drug-likeness (QED) is 0.780. The van der Waals surface area contributed by atoms with Crippen LogP contribution in [-0.2, 0) is 0 Å². The van der Waals surface area contributed by atoms with E-state index in [4.69, 9.17) is 21.7 Å². The first-order chi connectivity index (χ1) is 10.2. The van der Waals surface area contributed by atoms with Crippen LogP contribution in [0.3, 0.4) is 0 Å². The van der Waals surface area contributed by atoms with Crippen molar-refractivity contribution < 1.29 is 9.47 Å². The zero-order valence-electron chi connectivity index (χ0n) is 13.0. The fourth-order valence-electron chi connectivity index (χ4n) is 2.26. The number of hydrogen-bond acceptors (Lipinski definition) is 3. The lowest BCUT2D eigenvalue weighted by Gasteiger charge is -2.26. The number of hydrogen-bond donors (Lipinski definition) is 1. The summed E-state index contributed by atoms with van der Waals surface area (Å²) in [5.41, 5.74) is 0.846. The number of rotatable bonds is 7. The van der Waals surface area contributed by atoms with Gasteiger partial charge in [-0.3, -0.25) is 0 Å². The van der Waals surface area contributed by atoms with E-state index in [-0.39, 0.29) is 0 Å². The second-order valence-corrected chi connectivity index (χ2v) is 5.77. The van der Waals surface area contributed by atoms with Crippen molar-refractivity contribution in [1.29, 1.82) is 0 Å². The lowest BCUT2D eigenvalue weighted by atomic mass is 10.2. The summed E-state index contributed by atoms with van der Waals surface area (Å²) in [6.45, 7) is 4.20. The van der Waals surface area contributed by atoms with Crippen LogP contribution >= 0.6 is 12.2 Å². The Hall–Kier alpha value is -1.49. The number of nitrogens with one attached hydrogen (secondary N) is 1. The molecule has 0 saturated heterocycles. The number of ether oxygens (including phenoxy) is 2. The maximum absolute atomic E-state index is 5.57. The average Bonchev–Trinajstić information content (AvgIpc) is 3.30. The largest absolute Gasteiger partial charge is 0.497 e. The lowest BCUT2D eigenvalue weighted by Crippen LogP contribution is -2.37. The van der Waals surface area contributed by atoms with Gasteiger partial charge in [0.15, 0.2) is 5.11 Å². The molecule has 4 nitrogen and oxygen atoms in total. The van der Waals surface area contributed by atoms with Crippen LogP contribution in [0.25, 0.3) is 0 Å². The van der Waals surface area contributed by atoms with Gasteiger partial charge in [-0.2, -0.15) is 0 Å². The van der Waals surface area contributed by atoms with E-state index in [0.717, 1.165) is 47.7 Å². The molecule has 1 fully saturated rings. The van der Waals surface area contributed by atoms with Gasteiger partial charge in [0.25, 0.3) is 0 Å². The van der Waals surface area contributed by atoms with Gasteiger partial charge in [-0.25, -0.2) is 0 Å². The third kappa shape index (κ3) is 4.49. The highest BCUT2D eigenvalue weighted by Crippen LogP contribution is 2.31. The maximum Gasteiger partial charge on any atom is 0.173 e. The summed E-state index contributed by atoms with van der Waals surface area (Å²) in [5, 5.41) is 4.07. The zero-order chi connectivity index (χ0) is 15.2. The number of thiocarbonyl (C=S) groups is 1. The smallest absolute Gasteiger partial charge is 0.173 e. The Morgan fingerprint density at radius 1 is 1.33 bits per heavy atom. The molecule has 1 aromatic carbocycles. The molecule has 116 valence electrons. The fourth-order valence-corrected chi connectivity index (χ4v) is 2.54. The molecule has 2 rings (SSSR count). The van der Waals surface area contributed by atoms with E-state index in [2.05, 4.69) is 17.1 Å². The van der Waals surface area contributed by atoms with Crippen LogP contribution in [0.1, 0.15) is 26.2 Å². The number of benzene rings is 1. The second-order valence-electron chi connectivity index (χ2n) is 5.39. The van der Waals surface area contributed by atoms with E-state index in [9.17, 15) is 0 Å². The van der Waals surface area contributed by atoms with E-state index in [1.54, 1.807) is 14.2 Å². The minimum absolute atomic E-state index is 0.760. The van der Waals surface area contributed by atoms with Gasteiger partial charge in [0.1, 0.15) is 11.5 Å². The van der Waals surface area contributed by atoms with E-state index >= 15 is 0 Å². The van der Waals surface area contributed by atoms with E-state index in [0.29, 0.717) is 0 Å². The van der Waals surface area contributed by atoms with Crippen molar-refractivity contribution in [3.05, 3.63) is 18.2 Å². The van der Waals surface area contributed by atoms with Gasteiger partial charge in [-0.15, -0.1) is 0 Å². The lowest BCUT2D eigenvalue weighted by molar-refractivity contribution is 0.400. The minimum atomic E-state index is 0.760. The molecule has 21 heavy (non-hydrogen) atoms. The van der Waals surface area contributed by atoms with Gasteiger partial charge in [0.05, 0.1) is 19.9 Å². The molecule has 0 amide bonds. The SMILES string of the molecule is CCCN(CC1CC1)C(=S)Nc1cc(OC)ccc1OC. The highest BCUT2D eigenvalue weighted by molar-refractivity contribution is 7.80. The fraction of sp³-hybridized carbons (Fsp3) is 0.562. The molecule has 1 aliphatic carbocycles. The minimum Gasteiger partial charge on any atom is -0.497 e. The Morgan fingerprint density at radius 2 is 2.10 bits per heavy atom. The molecule has 0 bridgehead atoms. The van der Waals surface area contributed by atoms with Crippen LogP contribution in [0.4, 0.5) is 5.69 Å². The Kier molecular flexibility index (Phi) is 5.67. The van der Waals surface area contributed by atoms with Crippen LogP contribution in [-0.4, -0.2) is 37.3 Å². The van der Waals surface area contributed by atoms with Gasteiger partial charge in [0, 0.05) is 19.2 Å². The topological polar surface area (TPSA) is 33.7 Å². The average molecular weight is 308 g/mol. The standard InChI is InChI=1S/C16H24N2O2S/c1-4-9-18(11-12-5-6-12)16(21)17-14-10-13(19-2)7-8-15(14)20-3/h7-8,10,12H,4-6,9,11H2,1-3H3,(H,17,21). The van der Waals surface area contributed by atoms with Gasteiger partial charge in [-0.1, -0.05) is 6.92 Å². The van der Waals surface area contributed by atoms with Crippen LogP contribution in [0.2, 0.25) is 0 Å². The van der Waals surface area contributed by atoms with Crippen molar-refractivity contribution in [2.24, 2.45) is 5.92 Å². The third-order valence-corrected chi connectivity index (χ3v) is 3.96. The summed E-state index contributed by atoms with van der Waals surface area (Å²) in [5.74, 6) is 2.36. The first kappa shape index (κ1) is 15.9. The predicted molar refractivity (Wildman–Crippen MR) is 90.4 cm³/mol. The summed E-state index contributed by atoms with van der Waals surface area (Å²) in [4.78, 5) is 2.26. The Bertz CT molecular complexity index is 489. The van der Waals surface area contributed by atoms with Gasteiger partial charge >= 0.3 is 0 Å². The summed E-state index contributed by atoms with van der Waals surface area (Å²) >= 11 is 5.57. The molecule has 5 heteroatoms. The van der Waals surface area contributed by atoms with Crippen molar-refractivity contribution in [2.45, 2.75) is 26.2 Å². The molecule has 0 atom stereocenters. The monoisotopic (exact) mass is 308 g/mol. The number of anilines is 1. The molecule has 0 unspecified atom stereocenters. The third-order valence-electron chi connectivity index (χ3n) is 3.60. The van der Waals surface area contributed by atoms with Crippen molar-refractivity contribution in [3.63, 3.8) is 0 Å². The molecule has 1 aliphatic rings. The van der Waals surface area contributed by atoms with Crippen LogP contribution in [0.5, 0.6) is 11.5 Å². The van der Waals surface area contributed by atoms with E-state index in [1.807, 2.05) is 18.2 Å². The normalized spacial score (nSPS) is 13.7. The van der Waals surface area contributed by atoms with Crippen molar-refractivity contribution >= 4 is 23.0 Å². The molecule has 0 spiro atoms. The van der Waals surface area contributed by atoms with Gasteiger partial charge < -0.3 is 19.7 Å². The molecule has 1 saturated carbocycles.